The quantitative estimate of drug-likeness (QED) is 0.114. The van der Waals surface area contributed by atoms with E-state index in [0.717, 1.165) is 168 Å². The number of aromatic nitrogens is 1. The van der Waals surface area contributed by atoms with Crippen molar-refractivity contribution in [1.82, 2.24) is 9.47 Å². The summed E-state index contributed by atoms with van der Waals surface area (Å²) in [5, 5.41) is 31.2. The molecule has 72 heavy (non-hydrogen) atoms. The first kappa shape index (κ1) is 42.9. The molecule has 4 aromatic rings. The number of nitro groups is 2. The molecule has 1 saturated heterocycles. The molecular formula is C62H65BrN4O5. The molecule has 1 aromatic heterocycles. The van der Waals surface area contributed by atoms with Crippen molar-refractivity contribution >= 4 is 66.6 Å². The number of nitrogens with zero attached hydrogens (tertiary/aromatic N) is 4. The molecule has 9 nitrogen and oxygen atoms in total. The minimum atomic E-state index is -0.312. The number of non-ortho nitro benzene ring substituents is 2. The van der Waals surface area contributed by atoms with E-state index in [1.165, 1.54) is 77.0 Å². The van der Waals surface area contributed by atoms with Crippen molar-refractivity contribution in [3.05, 3.63) is 110 Å². The Morgan fingerprint density at radius 1 is 0.611 bits per heavy atom. The lowest BCUT2D eigenvalue weighted by atomic mass is 9.34. The molecule has 12 unspecified atom stereocenters. The van der Waals surface area contributed by atoms with Gasteiger partial charge in [-0.25, -0.2) is 0 Å². The predicted octanol–water partition coefficient (Wildman–Crippen LogP) is 12.4. The molecule has 0 radical (unpaired) electrons. The molecule has 2 aliphatic heterocycles. The Balaban J connectivity index is 0.765. The summed E-state index contributed by atoms with van der Waals surface area (Å²) in [7, 11) is 0. The highest BCUT2D eigenvalue weighted by Crippen LogP contribution is 2.73. The van der Waals surface area contributed by atoms with Gasteiger partial charge in [-0.1, -0.05) is 65.9 Å². The van der Waals surface area contributed by atoms with Gasteiger partial charge in [-0.15, -0.1) is 0 Å². The van der Waals surface area contributed by atoms with Crippen LogP contribution >= 0.6 is 15.9 Å². The van der Waals surface area contributed by atoms with Crippen LogP contribution in [0, 0.1) is 115 Å². The largest absolute Gasteiger partial charge is 0.298 e. The fourth-order valence-electron chi connectivity index (χ4n) is 22.5. The van der Waals surface area contributed by atoms with E-state index >= 15 is 4.79 Å². The first-order valence-electron chi connectivity index (χ1n) is 28.8. The Kier molecular flexibility index (Phi) is 9.02. The van der Waals surface area contributed by atoms with Gasteiger partial charge in [0.2, 0.25) is 0 Å². The third-order valence-corrected chi connectivity index (χ3v) is 25.0. The van der Waals surface area contributed by atoms with Gasteiger partial charge in [-0.2, -0.15) is 0 Å². The van der Waals surface area contributed by atoms with Crippen LogP contribution in [0.5, 0.6) is 0 Å². The highest BCUT2D eigenvalue weighted by Gasteiger charge is 2.67. The lowest BCUT2D eigenvalue weighted by Gasteiger charge is -2.71. The molecule has 3 heterocycles. The third-order valence-electron chi connectivity index (χ3n) is 24.2. The smallest absolute Gasteiger partial charge is 0.272 e. The first-order valence-corrected chi connectivity index (χ1v) is 29.6. The number of hydrogen-bond donors (Lipinski definition) is 0. The molecule has 0 amide bonds. The maximum absolute atomic E-state index is 15.2. The van der Waals surface area contributed by atoms with Gasteiger partial charge in [0.25, 0.3) is 16.9 Å². The second-order valence-electron chi connectivity index (χ2n) is 26.3. The molecule has 17 rings (SSSR count). The van der Waals surface area contributed by atoms with Gasteiger partial charge in [-0.05, 0) is 216 Å². The number of benzene rings is 3. The maximum Gasteiger partial charge on any atom is 0.272 e. The van der Waals surface area contributed by atoms with E-state index < -0.39 is 0 Å². The van der Waals surface area contributed by atoms with Gasteiger partial charge in [-0.3, -0.25) is 34.5 Å². The molecule has 10 fully saturated rings. The molecule has 0 N–H and O–H groups in total. The van der Waals surface area contributed by atoms with Crippen LogP contribution in [-0.2, 0) is 6.54 Å². The van der Waals surface area contributed by atoms with Gasteiger partial charge in [0, 0.05) is 76.4 Å². The zero-order valence-corrected chi connectivity index (χ0v) is 42.8. The number of rotatable bonds is 4. The van der Waals surface area contributed by atoms with Gasteiger partial charge in [0.05, 0.1) is 20.9 Å². The molecule has 370 valence electrons. The molecule has 11 aliphatic carbocycles. The molecule has 10 heteroatoms. The molecule has 13 aliphatic rings. The SMILES string of the molecule is O=c1c2c3c(c4n1-c1cc([N+](=O)[O-])cc5c(CN6CC7CCC8C9CCC%10C%11CCCC%12CCCC(C%13CCC(C%14CCC(C6)C7C8%14)C9C%10%13)C%12%11)c6cc([N+](=O)[O-])ccc6c(c15)C1CC=41)=CC=C(Br)C3CC=C2. The molecule has 3 aromatic carbocycles. The zero-order chi connectivity index (χ0) is 47.7. The Bertz CT molecular complexity index is 3370. The average molecular weight is 1030 g/mol. The number of allylic oxidation sites excluding steroid dienone is 3. The summed E-state index contributed by atoms with van der Waals surface area (Å²) in [5.41, 5.74) is 5.25. The van der Waals surface area contributed by atoms with Gasteiger partial charge < -0.3 is 0 Å². The molecule has 0 bridgehead atoms. The summed E-state index contributed by atoms with van der Waals surface area (Å²) < 4.78 is 2.88. The van der Waals surface area contributed by atoms with Crippen LogP contribution in [0.4, 0.5) is 11.4 Å². The van der Waals surface area contributed by atoms with Crippen molar-refractivity contribution in [2.24, 2.45) is 94.7 Å². The third kappa shape index (κ3) is 5.57. The van der Waals surface area contributed by atoms with Crippen LogP contribution in [0.1, 0.15) is 137 Å². The lowest BCUT2D eigenvalue weighted by Crippen LogP contribution is -2.66. The normalized spacial score (nSPS) is 40.8. The summed E-state index contributed by atoms with van der Waals surface area (Å²) in [6, 6.07) is 8.74. The number of hydrogen-bond acceptors (Lipinski definition) is 6. The van der Waals surface area contributed by atoms with Crippen LogP contribution in [0.25, 0.3) is 45.0 Å². The van der Waals surface area contributed by atoms with E-state index in [2.05, 4.69) is 39.1 Å². The fourth-order valence-corrected chi connectivity index (χ4v) is 23.0. The highest BCUT2D eigenvalue weighted by molar-refractivity contribution is 9.11. The minimum absolute atomic E-state index is 0.00305. The molecule has 12 atom stereocenters. The predicted molar refractivity (Wildman–Crippen MR) is 284 cm³/mol. The monoisotopic (exact) mass is 1020 g/mol. The Morgan fingerprint density at radius 3 is 1.88 bits per heavy atom. The van der Waals surface area contributed by atoms with Crippen LogP contribution in [0.2, 0.25) is 0 Å². The van der Waals surface area contributed by atoms with E-state index in [1.54, 1.807) is 37.1 Å². The van der Waals surface area contributed by atoms with Crippen LogP contribution in [0.15, 0.2) is 51.8 Å². The summed E-state index contributed by atoms with van der Waals surface area (Å²) in [5.74, 6) is 14.9. The number of halogens is 1. The van der Waals surface area contributed by atoms with Crippen LogP contribution in [-0.4, -0.2) is 32.4 Å². The van der Waals surface area contributed by atoms with Crippen molar-refractivity contribution in [3.63, 3.8) is 0 Å². The standard InChI is InChI=1S/C62H65BrN4O5/c63-51-21-20-44-55-43(51)8-3-9-45(55)62(68)65-52-24-33(67(71)72)23-47-50(46-22-32(66(69)70)12-15-42(46)59(60(47)52)48-25-49(48)61(44)65)28-64-26-30-10-13-36-40-18-16-38-34-6-1-4-29-5-2-7-35(54(29)34)39-17-19-41(58(40)57(38)39)37-14-11-31(27-64)53(30)56(36)37/h3,9,12,15,20-24,29-31,34-41,43,48,53-54,56-58H,1-2,4-8,10-11,13-14,16-19,25-28H2. The Morgan fingerprint density at radius 2 is 1.22 bits per heavy atom. The first-order chi connectivity index (χ1) is 35.2. The number of piperidine rings is 1. The van der Waals surface area contributed by atoms with Gasteiger partial charge in [0.15, 0.2) is 0 Å². The Hall–Kier alpha value is -4.41. The number of nitro benzene ring substituents is 2. The minimum Gasteiger partial charge on any atom is -0.298 e. The van der Waals surface area contributed by atoms with Crippen molar-refractivity contribution in [2.45, 2.75) is 121 Å². The number of fused-ring (bicyclic) bond motifs is 11. The van der Waals surface area contributed by atoms with Crippen LogP contribution in [0.3, 0.4) is 0 Å². The summed E-state index contributed by atoms with van der Waals surface area (Å²) in [6.45, 7) is 2.60. The van der Waals surface area contributed by atoms with Crippen molar-refractivity contribution < 1.29 is 9.85 Å². The second-order valence-corrected chi connectivity index (χ2v) is 27.2. The highest BCUT2D eigenvalue weighted by atomic mass is 79.9. The van der Waals surface area contributed by atoms with Gasteiger partial charge in [0.1, 0.15) is 0 Å². The molecule has 9 saturated carbocycles. The summed E-state index contributed by atoms with van der Waals surface area (Å²) in [4.78, 5) is 43.1. The van der Waals surface area contributed by atoms with Crippen molar-refractivity contribution in [2.75, 3.05) is 13.1 Å². The fraction of sp³-hybridized carbons (Fsp3) is 0.597. The van der Waals surface area contributed by atoms with E-state index in [1.807, 2.05) is 16.7 Å². The second kappa shape index (κ2) is 15.1. The van der Waals surface area contributed by atoms with E-state index in [-0.39, 0.29) is 38.6 Å². The maximum atomic E-state index is 15.2. The van der Waals surface area contributed by atoms with Crippen molar-refractivity contribution in [3.8, 4) is 5.69 Å². The Labute approximate surface area is 428 Å². The van der Waals surface area contributed by atoms with E-state index in [0.29, 0.717) is 29.6 Å². The topological polar surface area (TPSA) is 112 Å². The number of pyridine rings is 1. The number of likely N-dealkylation sites (tertiary alicyclic amines) is 1. The molecular weight excluding hydrogens is 961 g/mol. The zero-order valence-electron chi connectivity index (χ0n) is 41.2. The summed E-state index contributed by atoms with van der Waals surface area (Å²) >= 11 is 3.82. The van der Waals surface area contributed by atoms with Crippen molar-refractivity contribution in [1.29, 1.82) is 0 Å². The van der Waals surface area contributed by atoms with Crippen LogP contribution < -0.4 is 16.1 Å². The molecule has 0 spiro atoms. The lowest BCUT2D eigenvalue weighted by molar-refractivity contribution is -0.384. The van der Waals surface area contributed by atoms with E-state index in [4.69, 9.17) is 0 Å². The van der Waals surface area contributed by atoms with E-state index in [9.17, 15) is 20.2 Å². The average Bonchev–Trinajstić information content (AvgIpc) is 4.20. The van der Waals surface area contributed by atoms with Gasteiger partial charge >= 0.3 is 0 Å². The summed E-state index contributed by atoms with van der Waals surface area (Å²) in [6.07, 6.45) is 30.5.